The molecule has 1 aromatic heterocycles. The van der Waals surface area contributed by atoms with Crippen LogP contribution in [0, 0.1) is 0 Å². The second kappa shape index (κ2) is 4.82. The van der Waals surface area contributed by atoms with Crippen LogP contribution in [0.15, 0.2) is 25.0 Å². The van der Waals surface area contributed by atoms with Crippen LogP contribution in [0.25, 0.3) is 0 Å². The molecule has 1 unspecified atom stereocenters. The quantitative estimate of drug-likeness (QED) is 0.703. The van der Waals surface area contributed by atoms with E-state index in [9.17, 15) is 5.11 Å². The molecule has 0 fully saturated rings. The fraction of sp³-hybridized carbons (Fsp3) is 0.500. The van der Waals surface area contributed by atoms with Gasteiger partial charge in [0.2, 0.25) is 0 Å². The van der Waals surface area contributed by atoms with Gasteiger partial charge in [-0.1, -0.05) is 13.0 Å². The normalized spacial score (nSPS) is 12.8. The maximum absolute atomic E-state index is 9.66. The Morgan fingerprint density at radius 2 is 2.54 bits per heavy atom. The fourth-order valence-electron chi connectivity index (χ4n) is 1.31. The molecular formula is C10H16N2O. The van der Waals surface area contributed by atoms with Gasteiger partial charge in [-0.3, -0.25) is 0 Å². The summed E-state index contributed by atoms with van der Waals surface area (Å²) < 4.78 is 1.98. The minimum atomic E-state index is -0.515. The first kappa shape index (κ1) is 9.99. The summed E-state index contributed by atoms with van der Waals surface area (Å²) in [6.45, 7) is 6.60. The van der Waals surface area contributed by atoms with Crippen molar-refractivity contribution in [2.75, 3.05) is 0 Å². The van der Waals surface area contributed by atoms with Gasteiger partial charge in [0.15, 0.2) is 0 Å². The Balaban J connectivity index is 2.73. The molecule has 3 heteroatoms. The summed E-state index contributed by atoms with van der Waals surface area (Å²) >= 11 is 0. The topological polar surface area (TPSA) is 38.1 Å². The lowest BCUT2D eigenvalue weighted by molar-refractivity contribution is 0.166. The number of hydrogen-bond donors (Lipinski definition) is 1. The Bertz CT molecular complexity index is 268. The van der Waals surface area contributed by atoms with Gasteiger partial charge >= 0.3 is 0 Å². The highest BCUT2D eigenvalue weighted by atomic mass is 16.3. The number of imidazole rings is 1. The summed E-state index contributed by atoms with van der Waals surface area (Å²) in [7, 11) is 0. The summed E-state index contributed by atoms with van der Waals surface area (Å²) in [5.74, 6) is 0.738. The Hall–Kier alpha value is -1.09. The summed E-state index contributed by atoms with van der Waals surface area (Å²) in [6.07, 6.45) is 6.40. The summed E-state index contributed by atoms with van der Waals surface area (Å²) in [4.78, 5) is 4.12. The van der Waals surface area contributed by atoms with Crippen LogP contribution in [0.3, 0.4) is 0 Å². The molecule has 1 rings (SSSR count). The SMILES string of the molecule is C=CCC(O)c1nccn1CCC. The number of hydrogen-bond acceptors (Lipinski definition) is 2. The first-order valence-electron chi connectivity index (χ1n) is 4.59. The largest absolute Gasteiger partial charge is 0.385 e. The van der Waals surface area contributed by atoms with Gasteiger partial charge in [0.25, 0.3) is 0 Å². The summed E-state index contributed by atoms with van der Waals surface area (Å²) in [5, 5.41) is 9.66. The number of rotatable bonds is 5. The maximum Gasteiger partial charge on any atom is 0.137 e. The lowest BCUT2D eigenvalue weighted by Crippen LogP contribution is -2.07. The van der Waals surface area contributed by atoms with Crippen LogP contribution in [-0.4, -0.2) is 14.7 Å². The van der Waals surface area contributed by atoms with Crippen molar-refractivity contribution in [3.63, 3.8) is 0 Å². The second-order valence-electron chi connectivity index (χ2n) is 3.02. The molecule has 0 aromatic carbocycles. The van der Waals surface area contributed by atoms with E-state index in [0.717, 1.165) is 18.8 Å². The maximum atomic E-state index is 9.66. The highest BCUT2D eigenvalue weighted by molar-refractivity contribution is 4.98. The number of aromatic nitrogens is 2. The van der Waals surface area contributed by atoms with Gasteiger partial charge in [0.05, 0.1) is 0 Å². The number of aryl methyl sites for hydroxylation is 1. The molecule has 0 aliphatic heterocycles. The molecule has 1 heterocycles. The molecule has 0 saturated carbocycles. The average molecular weight is 180 g/mol. The van der Waals surface area contributed by atoms with E-state index in [2.05, 4.69) is 18.5 Å². The molecule has 0 aliphatic rings. The first-order chi connectivity index (χ1) is 6.29. The van der Waals surface area contributed by atoms with Crippen LogP contribution in [-0.2, 0) is 6.54 Å². The molecule has 0 radical (unpaired) electrons. The first-order valence-corrected chi connectivity index (χ1v) is 4.59. The molecule has 13 heavy (non-hydrogen) atoms. The van der Waals surface area contributed by atoms with E-state index in [-0.39, 0.29) is 0 Å². The minimum absolute atomic E-state index is 0.515. The number of aliphatic hydroxyl groups is 1. The van der Waals surface area contributed by atoms with Gasteiger partial charge < -0.3 is 9.67 Å². The van der Waals surface area contributed by atoms with Crippen molar-refractivity contribution >= 4 is 0 Å². The molecule has 0 aliphatic carbocycles. The highest BCUT2D eigenvalue weighted by Crippen LogP contribution is 2.14. The van der Waals surface area contributed by atoms with Crippen molar-refractivity contribution in [2.24, 2.45) is 0 Å². The van der Waals surface area contributed by atoms with E-state index in [1.807, 2.05) is 10.8 Å². The average Bonchev–Trinajstić information content (AvgIpc) is 2.54. The monoisotopic (exact) mass is 180 g/mol. The van der Waals surface area contributed by atoms with Gasteiger partial charge in [-0.2, -0.15) is 0 Å². The van der Waals surface area contributed by atoms with E-state index in [0.29, 0.717) is 6.42 Å². The van der Waals surface area contributed by atoms with Crippen molar-refractivity contribution in [1.29, 1.82) is 0 Å². The summed E-state index contributed by atoms with van der Waals surface area (Å²) in [6, 6.07) is 0. The van der Waals surface area contributed by atoms with Crippen molar-refractivity contribution < 1.29 is 5.11 Å². The standard InChI is InChI=1S/C10H16N2O/c1-3-5-9(13)10-11-6-8-12(10)7-4-2/h3,6,8-9,13H,1,4-5,7H2,2H3. The summed E-state index contributed by atoms with van der Waals surface area (Å²) in [5.41, 5.74) is 0. The van der Waals surface area contributed by atoms with E-state index < -0.39 is 6.10 Å². The lowest BCUT2D eigenvalue weighted by Gasteiger charge is -2.10. The van der Waals surface area contributed by atoms with Crippen LogP contribution < -0.4 is 0 Å². The molecule has 72 valence electrons. The van der Waals surface area contributed by atoms with Crippen LogP contribution >= 0.6 is 0 Å². The van der Waals surface area contributed by atoms with E-state index in [1.54, 1.807) is 12.3 Å². The molecule has 1 N–H and O–H groups in total. The van der Waals surface area contributed by atoms with E-state index in [4.69, 9.17) is 0 Å². The Labute approximate surface area is 78.7 Å². The van der Waals surface area contributed by atoms with Crippen LogP contribution in [0.5, 0.6) is 0 Å². The van der Waals surface area contributed by atoms with Gasteiger partial charge in [0, 0.05) is 18.9 Å². The van der Waals surface area contributed by atoms with Gasteiger partial charge in [-0.15, -0.1) is 6.58 Å². The molecule has 1 aromatic rings. The Kier molecular flexibility index (Phi) is 3.71. The highest BCUT2D eigenvalue weighted by Gasteiger charge is 2.10. The molecule has 0 bridgehead atoms. The third-order valence-corrected chi connectivity index (χ3v) is 1.90. The predicted octanol–water partition coefficient (Wildman–Crippen LogP) is 1.90. The molecule has 3 nitrogen and oxygen atoms in total. The zero-order valence-corrected chi connectivity index (χ0v) is 7.98. The van der Waals surface area contributed by atoms with Gasteiger partial charge in [0.1, 0.15) is 11.9 Å². The second-order valence-corrected chi connectivity index (χ2v) is 3.02. The van der Waals surface area contributed by atoms with Crippen molar-refractivity contribution in [3.05, 3.63) is 30.9 Å². The predicted molar refractivity (Wildman–Crippen MR) is 52.3 cm³/mol. The molecular weight excluding hydrogens is 164 g/mol. The van der Waals surface area contributed by atoms with Gasteiger partial charge in [-0.25, -0.2) is 4.98 Å². The van der Waals surface area contributed by atoms with E-state index in [1.165, 1.54) is 0 Å². The Morgan fingerprint density at radius 1 is 1.77 bits per heavy atom. The smallest absolute Gasteiger partial charge is 0.137 e. The zero-order chi connectivity index (χ0) is 9.68. The van der Waals surface area contributed by atoms with Crippen molar-refractivity contribution in [2.45, 2.75) is 32.4 Å². The molecule has 1 atom stereocenters. The molecule has 0 amide bonds. The number of nitrogens with zero attached hydrogens (tertiary/aromatic N) is 2. The van der Waals surface area contributed by atoms with Crippen LogP contribution in [0.1, 0.15) is 31.7 Å². The third-order valence-electron chi connectivity index (χ3n) is 1.90. The molecule has 0 spiro atoms. The fourth-order valence-corrected chi connectivity index (χ4v) is 1.31. The molecule has 0 saturated heterocycles. The van der Waals surface area contributed by atoms with Crippen LogP contribution in [0.4, 0.5) is 0 Å². The van der Waals surface area contributed by atoms with Crippen molar-refractivity contribution in [3.8, 4) is 0 Å². The van der Waals surface area contributed by atoms with Gasteiger partial charge in [-0.05, 0) is 12.8 Å². The minimum Gasteiger partial charge on any atom is -0.385 e. The zero-order valence-electron chi connectivity index (χ0n) is 7.98. The lowest BCUT2D eigenvalue weighted by atomic mass is 10.2. The van der Waals surface area contributed by atoms with Crippen LogP contribution in [0.2, 0.25) is 0 Å². The van der Waals surface area contributed by atoms with E-state index >= 15 is 0 Å². The third kappa shape index (κ3) is 2.42. The Morgan fingerprint density at radius 3 is 3.15 bits per heavy atom. The van der Waals surface area contributed by atoms with Crippen molar-refractivity contribution in [1.82, 2.24) is 9.55 Å². The number of aliphatic hydroxyl groups excluding tert-OH is 1.